The van der Waals surface area contributed by atoms with E-state index in [0.717, 1.165) is 22.1 Å². The van der Waals surface area contributed by atoms with Gasteiger partial charge in [-0.3, -0.25) is 0 Å². The van der Waals surface area contributed by atoms with Gasteiger partial charge in [-0.05, 0) is 0 Å². The average Bonchev–Trinajstić information content (AvgIpc) is 1.98. The number of halogens is 2. The van der Waals surface area contributed by atoms with Gasteiger partial charge in [0.05, 0.1) is 42.3 Å². The lowest BCUT2D eigenvalue weighted by atomic mass is 10.5. The summed E-state index contributed by atoms with van der Waals surface area (Å²) in [6, 6.07) is 0. The lowest BCUT2D eigenvalue weighted by Crippen LogP contribution is -3.00. The molecule has 0 spiro atoms. The quantitative estimate of drug-likeness (QED) is 0.213. The van der Waals surface area contributed by atoms with Gasteiger partial charge in [-0.2, -0.15) is 0 Å². The van der Waals surface area contributed by atoms with Crippen LogP contribution in [0.3, 0.4) is 0 Å². The normalized spacial score (nSPS) is 11.0. The lowest BCUT2D eigenvalue weighted by molar-refractivity contribution is -0.870. The Balaban J connectivity index is -0.00000112. The maximum absolute atomic E-state index is 11.2. The summed E-state index contributed by atoms with van der Waals surface area (Å²) in [4.78, 5) is 11.2. The molecule has 0 aromatic carbocycles. The number of quaternary nitrogens is 2. The minimum absolute atomic E-state index is 0. The summed E-state index contributed by atoms with van der Waals surface area (Å²) < 4.78 is 11.4. The van der Waals surface area contributed by atoms with Gasteiger partial charge in [-0.25, -0.2) is 4.79 Å². The van der Waals surface area contributed by atoms with Crippen LogP contribution < -0.4 is 48.0 Å². The standard InChI is InChI=1S/C11H26N2O3.2HI/c1-12(2,3)7-9-15-11(14)16-10-8-13(4,5)6;;/h7-10H2,1-6H3;2*1H/q+2;;/p-2. The van der Waals surface area contributed by atoms with Gasteiger partial charge in [-0.15, -0.1) is 0 Å². The first-order valence-electron chi connectivity index (χ1n) is 5.51. The van der Waals surface area contributed by atoms with Crippen molar-refractivity contribution in [2.24, 2.45) is 0 Å². The highest BCUT2D eigenvalue weighted by Crippen LogP contribution is 1.94. The van der Waals surface area contributed by atoms with Gasteiger partial charge >= 0.3 is 6.16 Å². The number of rotatable bonds is 6. The largest absolute Gasteiger partial charge is 1.00 e. The van der Waals surface area contributed by atoms with Crippen LogP contribution in [0, 0.1) is 0 Å². The maximum Gasteiger partial charge on any atom is 0.508 e. The van der Waals surface area contributed by atoms with Crippen molar-refractivity contribution in [3.05, 3.63) is 0 Å². The van der Waals surface area contributed by atoms with Crippen LogP contribution in [0.25, 0.3) is 0 Å². The monoisotopic (exact) mass is 488 g/mol. The highest BCUT2D eigenvalue weighted by molar-refractivity contribution is 5.59. The van der Waals surface area contributed by atoms with E-state index in [-0.39, 0.29) is 48.0 Å². The first-order chi connectivity index (χ1) is 7.10. The summed E-state index contributed by atoms with van der Waals surface area (Å²) in [5, 5.41) is 0. The molecule has 0 radical (unpaired) electrons. The van der Waals surface area contributed by atoms with Crippen LogP contribution in [0.5, 0.6) is 0 Å². The van der Waals surface area contributed by atoms with E-state index in [2.05, 4.69) is 0 Å². The Morgan fingerprint density at radius 2 is 1.06 bits per heavy atom. The Bertz CT molecular complexity index is 203. The van der Waals surface area contributed by atoms with E-state index in [1.54, 1.807) is 0 Å². The van der Waals surface area contributed by atoms with Crippen LogP contribution in [0.4, 0.5) is 4.79 Å². The topological polar surface area (TPSA) is 35.5 Å². The van der Waals surface area contributed by atoms with Crippen LogP contribution in [0.1, 0.15) is 0 Å². The lowest BCUT2D eigenvalue weighted by Gasteiger charge is -2.24. The van der Waals surface area contributed by atoms with E-state index in [1.165, 1.54) is 0 Å². The Kier molecular flexibility index (Phi) is 13.8. The molecular formula is C11H26I2N2O3. The van der Waals surface area contributed by atoms with Gasteiger partial charge < -0.3 is 66.4 Å². The van der Waals surface area contributed by atoms with Crippen molar-refractivity contribution in [3.63, 3.8) is 0 Å². The zero-order chi connectivity index (χ0) is 12.8. The van der Waals surface area contributed by atoms with Crippen molar-refractivity contribution in [1.82, 2.24) is 0 Å². The maximum atomic E-state index is 11.2. The van der Waals surface area contributed by atoms with Crippen molar-refractivity contribution in [2.75, 3.05) is 68.6 Å². The third-order valence-electron chi connectivity index (χ3n) is 1.96. The Hall–Kier alpha value is 0.650. The fourth-order valence-corrected chi connectivity index (χ4v) is 0.847. The molecule has 112 valence electrons. The molecule has 18 heavy (non-hydrogen) atoms. The van der Waals surface area contributed by atoms with Crippen molar-refractivity contribution in [1.29, 1.82) is 0 Å². The van der Waals surface area contributed by atoms with Crippen LogP contribution in [-0.2, 0) is 9.47 Å². The first-order valence-corrected chi connectivity index (χ1v) is 5.51. The number of hydrogen-bond donors (Lipinski definition) is 0. The molecule has 0 N–H and O–H groups in total. The van der Waals surface area contributed by atoms with Crippen molar-refractivity contribution >= 4 is 6.16 Å². The Labute approximate surface area is 145 Å². The second kappa shape index (κ2) is 10.4. The van der Waals surface area contributed by atoms with Gasteiger partial charge in [0.25, 0.3) is 0 Å². The Morgan fingerprint density at radius 3 is 1.28 bits per heavy atom. The van der Waals surface area contributed by atoms with E-state index in [1.807, 2.05) is 42.3 Å². The molecule has 0 aliphatic heterocycles. The zero-order valence-corrected chi connectivity index (χ0v) is 16.5. The fraction of sp³-hybridized carbons (Fsp3) is 0.909. The van der Waals surface area contributed by atoms with Crippen molar-refractivity contribution < 1.29 is 71.2 Å². The number of carbonyl (C=O) groups is 1. The molecule has 0 amide bonds. The average molecular weight is 488 g/mol. The van der Waals surface area contributed by atoms with Gasteiger partial charge in [0.15, 0.2) is 0 Å². The number of ether oxygens (including phenoxy) is 2. The second-order valence-corrected chi connectivity index (χ2v) is 5.97. The second-order valence-electron chi connectivity index (χ2n) is 5.97. The number of hydrogen-bond acceptors (Lipinski definition) is 3. The van der Waals surface area contributed by atoms with Crippen molar-refractivity contribution in [2.45, 2.75) is 0 Å². The van der Waals surface area contributed by atoms with E-state index in [9.17, 15) is 4.79 Å². The molecule has 0 atom stereocenters. The molecule has 0 fully saturated rings. The molecule has 7 heteroatoms. The Morgan fingerprint density at radius 1 is 0.778 bits per heavy atom. The van der Waals surface area contributed by atoms with E-state index in [0.29, 0.717) is 13.2 Å². The molecule has 0 unspecified atom stereocenters. The molecule has 0 aromatic heterocycles. The molecular weight excluding hydrogens is 462 g/mol. The predicted octanol–water partition coefficient (Wildman–Crippen LogP) is -5.44. The number of carbonyl (C=O) groups excluding carboxylic acids is 1. The highest BCUT2D eigenvalue weighted by atomic mass is 127. The van der Waals surface area contributed by atoms with E-state index >= 15 is 0 Å². The van der Waals surface area contributed by atoms with Gasteiger partial charge in [0.1, 0.15) is 26.3 Å². The first kappa shape index (κ1) is 23.7. The minimum atomic E-state index is -0.568. The number of nitrogens with zero attached hydrogens (tertiary/aromatic N) is 2. The third kappa shape index (κ3) is 19.0. The molecule has 0 rings (SSSR count). The molecule has 0 bridgehead atoms. The summed E-state index contributed by atoms with van der Waals surface area (Å²) >= 11 is 0. The summed E-state index contributed by atoms with van der Waals surface area (Å²) in [5.41, 5.74) is 0. The summed E-state index contributed by atoms with van der Waals surface area (Å²) in [7, 11) is 12.3. The summed E-state index contributed by atoms with van der Waals surface area (Å²) in [5.74, 6) is 0. The van der Waals surface area contributed by atoms with E-state index in [4.69, 9.17) is 9.47 Å². The highest BCUT2D eigenvalue weighted by Gasteiger charge is 2.12. The zero-order valence-electron chi connectivity index (χ0n) is 12.2. The van der Waals surface area contributed by atoms with Crippen molar-refractivity contribution in [3.8, 4) is 0 Å². The smallest absolute Gasteiger partial charge is 0.508 e. The SMILES string of the molecule is C[N+](C)(C)CCOC(=O)OCC[N+](C)(C)C.[I-].[I-]. The molecule has 0 aliphatic carbocycles. The van der Waals surface area contributed by atoms with Gasteiger partial charge in [0.2, 0.25) is 0 Å². The van der Waals surface area contributed by atoms with Crippen LogP contribution >= 0.6 is 0 Å². The predicted molar refractivity (Wildman–Crippen MR) is 63.1 cm³/mol. The third-order valence-corrected chi connectivity index (χ3v) is 1.96. The number of likely N-dealkylation sites (N-methyl/N-ethyl adjacent to an activating group) is 2. The summed E-state index contributed by atoms with van der Waals surface area (Å²) in [6.07, 6.45) is -0.568. The van der Waals surface area contributed by atoms with Crippen LogP contribution in [-0.4, -0.2) is 83.7 Å². The molecule has 0 aromatic rings. The molecule has 0 saturated carbocycles. The molecule has 0 heterocycles. The van der Waals surface area contributed by atoms with Gasteiger partial charge in [-0.1, -0.05) is 0 Å². The molecule has 0 aliphatic rings. The molecule has 5 nitrogen and oxygen atoms in total. The molecule has 0 saturated heterocycles. The fourth-order valence-electron chi connectivity index (χ4n) is 0.847. The van der Waals surface area contributed by atoms with Gasteiger partial charge in [0, 0.05) is 0 Å². The minimum Gasteiger partial charge on any atom is -1.00 e. The van der Waals surface area contributed by atoms with Crippen LogP contribution in [0.15, 0.2) is 0 Å². The van der Waals surface area contributed by atoms with E-state index < -0.39 is 6.16 Å². The summed E-state index contributed by atoms with van der Waals surface area (Å²) in [6.45, 7) is 2.36. The van der Waals surface area contributed by atoms with Crippen LogP contribution in [0.2, 0.25) is 0 Å².